The number of ether oxygens (including phenoxy) is 1. The number of fused-ring (bicyclic) bond motifs is 1. The monoisotopic (exact) mass is 489 g/mol. The van der Waals surface area contributed by atoms with E-state index < -0.39 is 11.9 Å². The van der Waals surface area contributed by atoms with Crippen molar-refractivity contribution in [1.82, 2.24) is 19.8 Å². The van der Waals surface area contributed by atoms with E-state index in [1.54, 1.807) is 37.4 Å². The molecule has 0 aliphatic carbocycles. The van der Waals surface area contributed by atoms with Crippen molar-refractivity contribution in [3.63, 3.8) is 0 Å². The van der Waals surface area contributed by atoms with Gasteiger partial charge in [0.15, 0.2) is 17.2 Å². The summed E-state index contributed by atoms with van der Waals surface area (Å²) in [6.07, 6.45) is -3.20. The van der Waals surface area contributed by atoms with Crippen LogP contribution in [0.5, 0.6) is 0 Å². The van der Waals surface area contributed by atoms with Gasteiger partial charge in [-0.1, -0.05) is 29.8 Å². The van der Waals surface area contributed by atoms with E-state index >= 15 is 0 Å². The van der Waals surface area contributed by atoms with Crippen molar-refractivity contribution in [3.05, 3.63) is 69.5 Å². The molecule has 2 heterocycles. The maximum Gasteiger partial charge on any atom is 0.435 e. The molecule has 0 N–H and O–H groups in total. The molecule has 0 atom stereocenters. The van der Waals surface area contributed by atoms with Crippen LogP contribution in [0.1, 0.15) is 23.7 Å². The molecule has 0 fully saturated rings. The number of aromatic nitrogens is 4. The molecule has 178 valence electrons. The maximum atomic E-state index is 13.9. The van der Waals surface area contributed by atoms with Crippen molar-refractivity contribution in [2.75, 3.05) is 31.7 Å². The molecular formula is C24H23ClF3N5O. The quantitative estimate of drug-likeness (QED) is 0.373. The first-order valence-electron chi connectivity index (χ1n) is 10.7. The van der Waals surface area contributed by atoms with Crippen LogP contribution in [0.3, 0.4) is 0 Å². The van der Waals surface area contributed by atoms with Crippen LogP contribution in [0.15, 0.2) is 42.5 Å². The van der Waals surface area contributed by atoms with Gasteiger partial charge in [0.05, 0.1) is 11.8 Å². The number of rotatable bonds is 7. The van der Waals surface area contributed by atoms with E-state index in [-0.39, 0.29) is 16.7 Å². The average molecular weight is 490 g/mol. The fourth-order valence-electron chi connectivity index (χ4n) is 3.80. The Morgan fingerprint density at radius 2 is 1.94 bits per heavy atom. The second-order valence-corrected chi connectivity index (χ2v) is 8.22. The summed E-state index contributed by atoms with van der Waals surface area (Å²) in [6.45, 7) is 5.97. The molecule has 0 aliphatic rings. The lowest BCUT2D eigenvalue weighted by atomic mass is 10.1. The smallest absolute Gasteiger partial charge is 0.383 e. The summed E-state index contributed by atoms with van der Waals surface area (Å²) in [5.74, 6) is 0.187. The largest absolute Gasteiger partial charge is 0.435 e. The molecule has 0 bridgehead atoms. The van der Waals surface area contributed by atoms with Crippen molar-refractivity contribution in [2.24, 2.45) is 0 Å². The number of methoxy groups -OCH3 is 1. The van der Waals surface area contributed by atoms with Gasteiger partial charge in [-0.25, -0.2) is 0 Å². The van der Waals surface area contributed by atoms with Crippen molar-refractivity contribution in [1.29, 1.82) is 0 Å². The molecular weight excluding hydrogens is 467 g/mol. The molecule has 6 nitrogen and oxygen atoms in total. The molecule has 0 aliphatic heterocycles. The van der Waals surface area contributed by atoms with Crippen molar-refractivity contribution in [3.8, 4) is 11.4 Å². The van der Waals surface area contributed by atoms with Gasteiger partial charge in [0.25, 0.3) is 0 Å². The van der Waals surface area contributed by atoms with Gasteiger partial charge in [-0.3, -0.25) is 0 Å². The van der Waals surface area contributed by atoms with Crippen molar-refractivity contribution < 1.29 is 17.9 Å². The zero-order valence-electron chi connectivity index (χ0n) is 18.9. The first-order valence-corrected chi connectivity index (χ1v) is 11.0. The van der Waals surface area contributed by atoms with E-state index in [0.717, 1.165) is 22.3 Å². The van der Waals surface area contributed by atoms with Crippen LogP contribution < -0.4 is 10.1 Å². The van der Waals surface area contributed by atoms with Gasteiger partial charge in [-0.15, -0.1) is 10.2 Å². The summed E-state index contributed by atoms with van der Waals surface area (Å²) >= 11 is 6.05. The van der Waals surface area contributed by atoms with Crippen molar-refractivity contribution >= 4 is 29.0 Å². The van der Waals surface area contributed by atoms with Gasteiger partial charge in [-0.2, -0.15) is 22.8 Å². The van der Waals surface area contributed by atoms with Gasteiger partial charge < -0.3 is 9.64 Å². The highest BCUT2D eigenvalue weighted by Gasteiger charge is 2.37. The van der Waals surface area contributed by atoms with Crippen LogP contribution in [0, 0.1) is 6.92 Å². The molecule has 2 aromatic carbocycles. The van der Waals surface area contributed by atoms with E-state index in [9.17, 15) is 13.2 Å². The van der Waals surface area contributed by atoms with E-state index in [2.05, 4.69) is 20.2 Å². The summed E-state index contributed by atoms with van der Waals surface area (Å²) < 4.78 is 48.0. The van der Waals surface area contributed by atoms with Crippen LogP contribution in [0.2, 0.25) is 5.02 Å². The molecule has 0 saturated heterocycles. The standard InChI is InChI=1S/C24H23ClF3N5O/c1-4-32(10-11-34-3)19-9-8-16(15(2)12-19)14-20-21(24(26,27)28)31-33-22(29-30-23(20)33)17-6-5-7-18(25)13-17/h5-9,12-14H,4,10-11H2,1-3H3. The molecule has 0 spiro atoms. The lowest BCUT2D eigenvalue weighted by Crippen LogP contribution is -2.26. The SMILES string of the molecule is CCN(CCOC)c1ccc(C=c2c(C(F)(F)F)nn3c(-c4cccc(Cl)c4)nnc23)c(C)c1. The van der Waals surface area contributed by atoms with E-state index in [0.29, 0.717) is 29.3 Å². The zero-order valence-corrected chi connectivity index (χ0v) is 19.7. The maximum absolute atomic E-state index is 13.9. The molecule has 0 unspecified atom stereocenters. The first kappa shape index (κ1) is 24.0. The third-order valence-corrected chi connectivity index (χ3v) is 5.79. The lowest BCUT2D eigenvalue weighted by molar-refractivity contribution is -0.142. The Morgan fingerprint density at radius 3 is 2.59 bits per heavy atom. The number of benzene rings is 2. The second-order valence-electron chi connectivity index (χ2n) is 7.79. The molecule has 0 amide bonds. The predicted octanol–water partition coefficient (Wildman–Crippen LogP) is 4.79. The minimum absolute atomic E-state index is 0.0288. The highest BCUT2D eigenvalue weighted by molar-refractivity contribution is 6.30. The zero-order chi connectivity index (χ0) is 24.5. The predicted molar refractivity (Wildman–Crippen MR) is 126 cm³/mol. The molecule has 2 aromatic heterocycles. The van der Waals surface area contributed by atoms with Crippen LogP contribution in [-0.4, -0.2) is 46.6 Å². The topological polar surface area (TPSA) is 55.5 Å². The first-order chi connectivity index (χ1) is 16.2. The van der Waals surface area contributed by atoms with Gasteiger partial charge in [0.2, 0.25) is 0 Å². The number of aryl methyl sites for hydroxylation is 1. The van der Waals surface area contributed by atoms with E-state index in [4.69, 9.17) is 16.3 Å². The fourth-order valence-corrected chi connectivity index (χ4v) is 3.99. The number of hydrogen-bond donors (Lipinski definition) is 0. The van der Waals surface area contributed by atoms with Crippen molar-refractivity contribution in [2.45, 2.75) is 20.0 Å². The Labute approximate surface area is 199 Å². The van der Waals surface area contributed by atoms with Gasteiger partial charge in [0.1, 0.15) is 0 Å². The summed E-state index contributed by atoms with van der Waals surface area (Å²) in [7, 11) is 1.65. The summed E-state index contributed by atoms with van der Waals surface area (Å²) in [5.41, 5.74) is 1.98. The Kier molecular flexibility index (Phi) is 6.77. The molecule has 4 aromatic rings. The minimum atomic E-state index is -4.66. The van der Waals surface area contributed by atoms with Crippen LogP contribution >= 0.6 is 11.6 Å². The summed E-state index contributed by atoms with van der Waals surface area (Å²) in [4.78, 5) is 2.14. The number of nitrogens with zero attached hydrogens (tertiary/aromatic N) is 5. The number of anilines is 1. The normalized spacial score (nSPS) is 12.6. The van der Waals surface area contributed by atoms with Gasteiger partial charge in [-0.05, 0) is 55.3 Å². The number of likely N-dealkylation sites (N-methyl/N-ethyl adjacent to an activating group) is 1. The fraction of sp³-hybridized carbons (Fsp3) is 0.292. The highest BCUT2D eigenvalue weighted by Crippen LogP contribution is 2.28. The average Bonchev–Trinajstić information content (AvgIpc) is 3.36. The van der Waals surface area contributed by atoms with Crippen LogP contribution in [-0.2, 0) is 10.9 Å². The van der Waals surface area contributed by atoms with E-state index in [1.165, 1.54) is 6.08 Å². The second kappa shape index (κ2) is 9.60. The number of halogens is 4. The third-order valence-electron chi connectivity index (χ3n) is 5.55. The number of hydrogen-bond acceptors (Lipinski definition) is 5. The Balaban J connectivity index is 1.84. The molecule has 0 radical (unpaired) electrons. The third kappa shape index (κ3) is 4.71. The Bertz CT molecular complexity index is 1370. The Morgan fingerprint density at radius 1 is 1.15 bits per heavy atom. The van der Waals surface area contributed by atoms with Gasteiger partial charge in [0, 0.05) is 36.5 Å². The van der Waals surface area contributed by atoms with Crippen LogP contribution in [0.4, 0.5) is 18.9 Å². The molecule has 0 saturated carbocycles. The lowest BCUT2D eigenvalue weighted by Gasteiger charge is -2.23. The minimum Gasteiger partial charge on any atom is -0.383 e. The summed E-state index contributed by atoms with van der Waals surface area (Å²) in [5, 5.41) is 12.3. The molecule has 4 rings (SSSR count). The molecule has 10 heteroatoms. The Hall–Kier alpha value is -3.17. The highest BCUT2D eigenvalue weighted by atomic mass is 35.5. The van der Waals surface area contributed by atoms with Gasteiger partial charge >= 0.3 is 6.18 Å². The van der Waals surface area contributed by atoms with Crippen LogP contribution in [0.25, 0.3) is 23.1 Å². The molecule has 34 heavy (non-hydrogen) atoms. The summed E-state index contributed by atoms with van der Waals surface area (Å²) in [6, 6.07) is 12.3. The van der Waals surface area contributed by atoms with E-state index in [1.807, 2.05) is 26.0 Å². The number of alkyl halides is 3.